The molecular formula is C9H15N5O2. The Morgan fingerprint density at radius 1 is 1.69 bits per heavy atom. The van der Waals surface area contributed by atoms with Crippen molar-refractivity contribution in [1.29, 1.82) is 0 Å². The highest BCUT2D eigenvalue weighted by Gasteiger charge is 2.27. The van der Waals surface area contributed by atoms with E-state index in [1.807, 2.05) is 11.9 Å². The van der Waals surface area contributed by atoms with Gasteiger partial charge in [0.15, 0.2) is 0 Å². The average molecular weight is 225 g/mol. The molecule has 1 atom stereocenters. The minimum Gasteiger partial charge on any atom is -0.444 e. The van der Waals surface area contributed by atoms with Gasteiger partial charge in [-0.15, -0.1) is 0 Å². The van der Waals surface area contributed by atoms with Crippen LogP contribution < -0.4 is 16.4 Å². The molecule has 0 spiro atoms. The van der Waals surface area contributed by atoms with E-state index >= 15 is 0 Å². The van der Waals surface area contributed by atoms with Gasteiger partial charge in [-0.05, 0) is 0 Å². The summed E-state index contributed by atoms with van der Waals surface area (Å²) in [6, 6.07) is 0. The van der Waals surface area contributed by atoms with Crippen LogP contribution in [0.5, 0.6) is 0 Å². The van der Waals surface area contributed by atoms with E-state index in [4.69, 9.17) is 16.2 Å². The second-order valence-corrected chi connectivity index (χ2v) is 3.84. The Hall–Kier alpha value is -1.92. The van der Waals surface area contributed by atoms with E-state index in [0.29, 0.717) is 12.2 Å². The van der Waals surface area contributed by atoms with Gasteiger partial charge in [0.1, 0.15) is 11.9 Å². The van der Waals surface area contributed by atoms with Crippen LogP contribution >= 0.6 is 0 Å². The number of nitrogen functional groups attached to an aromatic ring is 1. The second kappa shape index (κ2) is 3.92. The summed E-state index contributed by atoms with van der Waals surface area (Å²) >= 11 is 0. The minimum atomic E-state index is -0.732. The lowest BCUT2D eigenvalue weighted by molar-refractivity contribution is 0.117. The summed E-state index contributed by atoms with van der Waals surface area (Å²) in [5, 5.41) is 4.06. The molecule has 0 radical (unpaired) electrons. The van der Waals surface area contributed by atoms with E-state index in [-0.39, 0.29) is 6.10 Å². The Morgan fingerprint density at radius 3 is 3.00 bits per heavy atom. The Labute approximate surface area is 92.9 Å². The summed E-state index contributed by atoms with van der Waals surface area (Å²) in [5.41, 5.74) is 11.4. The average Bonchev–Trinajstić information content (AvgIpc) is 2.73. The Bertz CT molecular complexity index is 383. The molecule has 4 N–H and O–H groups in total. The van der Waals surface area contributed by atoms with Crippen molar-refractivity contribution in [3.8, 4) is 0 Å². The molecule has 7 heteroatoms. The highest BCUT2D eigenvalue weighted by molar-refractivity contribution is 5.66. The van der Waals surface area contributed by atoms with Gasteiger partial charge in [-0.3, -0.25) is 4.68 Å². The quantitative estimate of drug-likeness (QED) is 0.718. The van der Waals surface area contributed by atoms with Crippen LogP contribution in [0.25, 0.3) is 0 Å². The molecule has 1 aliphatic rings. The number of nitrogens with zero attached hydrogens (tertiary/aromatic N) is 3. The van der Waals surface area contributed by atoms with Gasteiger partial charge >= 0.3 is 6.09 Å². The number of anilines is 2. The van der Waals surface area contributed by atoms with Crippen molar-refractivity contribution in [2.45, 2.75) is 12.5 Å². The fraction of sp³-hybridized carbons (Fsp3) is 0.556. The molecule has 88 valence electrons. The first-order valence-corrected chi connectivity index (χ1v) is 5.06. The monoisotopic (exact) mass is 225 g/mol. The number of carbonyl (C=O) groups is 1. The Kier molecular flexibility index (Phi) is 2.59. The Morgan fingerprint density at radius 2 is 2.44 bits per heavy atom. The second-order valence-electron chi connectivity index (χ2n) is 3.84. The zero-order valence-corrected chi connectivity index (χ0v) is 9.09. The van der Waals surface area contributed by atoms with Crippen molar-refractivity contribution in [3.05, 3.63) is 6.20 Å². The fourth-order valence-corrected chi connectivity index (χ4v) is 2.02. The number of aryl methyl sites for hydroxylation is 1. The van der Waals surface area contributed by atoms with E-state index in [1.165, 1.54) is 0 Å². The van der Waals surface area contributed by atoms with Crippen LogP contribution in [-0.4, -0.2) is 35.1 Å². The molecule has 1 aromatic rings. The zero-order chi connectivity index (χ0) is 11.7. The van der Waals surface area contributed by atoms with Gasteiger partial charge in [0.2, 0.25) is 0 Å². The normalized spacial score (nSPS) is 20.1. The molecule has 0 saturated carbocycles. The summed E-state index contributed by atoms with van der Waals surface area (Å²) < 4.78 is 6.66. The van der Waals surface area contributed by atoms with Crippen molar-refractivity contribution >= 4 is 17.6 Å². The SMILES string of the molecule is Cn1ncc(N)c1N1CC[C@H](OC(N)=O)C1. The van der Waals surface area contributed by atoms with Crippen LogP contribution in [-0.2, 0) is 11.8 Å². The number of nitrogens with two attached hydrogens (primary N) is 2. The predicted octanol–water partition coefficient (Wildman–Crippen LogP) is -0.324. The molecule has 1 aromatic heterocycles. The number of carbonyl (C=O) groups excluding carboxylic acids is 1. The van der Waals surface area contributed by atoms with E-state index < -0.39 is 6.09 Å². The van der Waals surface area contributed by atoms with Gasteiger partial charge in [0, 0.05) is 20.0 Å². The summed E-state index contributed by atoms with van der Waals surface area (Å²) in [5.74, 6) is 0.857. The number of rotatable bonds is 2. The van der Waals surface area contributed by atoms with Gasteiger partial charge in [0.05, 0.1) is 18.4 Å². The smallest absolute Gasteiger partial charge is 0.404 e. The Balaban J connectivity index is 2.06. The topological polar surface area (TPSA) is 99.4 Å². The summed E-state index contributed by atoms with van der Waals surface area (Å²) in [7, 11) is 1.83. The number of hydrogen-bond donors (Lipinski definition) is 2. The van der Waals surface area contributed by atoms with Crippen molar-refractivity contribution in [3.63, 3.8) is 0 Å². The van der Waals surface area contributed by atoms with Crippen LogP contribution in [0, 0.1) is 0 Å². The van der Waals surface area contributed by atoms with Gasteiger partial charge in [-0.2, -0.15) is 5.10 Å². The van der Waals surface area contributed by atoms with Gasteiger partial charge in [0.25, 0.3) is 0 Å². The molecule has 0 bridgehead atoms. The van der Waals surface area contributed by atoms with Crippen LogP contribution in [0.2, 0.25) is 0 Å². The maximum Gasteiger partial charge on any atom is 0.404 e. The van der Waals surface area contributed by atoms with Crippen molar-refractivity contribution < 1.29 is 9.53 Å². The molecule has 2 rings (SSSR count). The van der Waals surface area contributed by atoms with Gasteiger partial charge in [-0.1, -0.05) is 0 Å². The molecule has 0 unspecified atom stereocenters. The van der Waals surface area contributed by atoms with Crippen molar-refractivity contribution in [2.75, 3.05) is 23.7 Å². The van der Waals surface area contributed by atoms with Gasteiger partial charge in [-0.25, -0.2) is 4.79 Å². The highest BCUT2D eigenvalue weighted by Crippen LogP contribution is 2.26. The third-order valence-electron chi connectivity index (χ3n) is 2.66. The molecule has 0 aromatic carbocycles. The number of ether oxygens (including phenoxy) is 1. The standard InChI is InChI=1S/C9H15N5O2/c1-13-8(7(10)4-12-13)14-3-2-6(5-14)16-9(11)15/h4,6H,2-3,5,10H2,1H3,(H2,11,15)/t6-/m0/s1. The minimum absolute atomic E-state index is 0.160. The largest absolute Gasteiger partial charge is 0.444 e. The number of hydrogen-bond acceptors (Lipinski definition) is 5. The lowest BCUT2D eigenvalue weighted by atomic mass is 10.3. The molecule has 2 heterocycles. The third-order valence-corrected chi connectivity index (χ3v) is 2.66. The van der Waals surface area contributed by atoms with E-state index in [2.05, 4.69) is 5.10 Å². The van der Waals surface area contributed by atoms with E-state index in [9.17, 15) is 4.79 Å². The third kappa shape index (κ3) is 1.88. The zero-order valence-electron chi connectivity index (χ0n) is 9.09. The maximum atomic E-state index is 10.6. The first-order chi connectivity index (χ1) is 7.58. The van der Waals surface area contributed by atoms with Gasteiger partial charge < -0.3 is 21.1 Å². The molecule has 1 amide bonds. The maximum absolute atomic E-state index is 10.6. The fourth-order valence-electron chi connectivity index (χ4n) is 2.02. The lowest BCUT2D eigenvalue weighted by Gasteiger charge is -2.18. The number of amides is 1. The predicted molar refractivity (Wildman–Crippen MR) is 58.9 cm³/mol. The number of primary amides is 1. The van der Waals surface area contributed by atoms with Crippen LogP contribution in [0.15, 0.2) is 6.20 Å². The lowest BCUT2D eigenvalue weighted by Crippen LogP contribution is -2.28. The summed E-state index contributed by atoms with van der Waals surface area (Å²) in [6.07, 6.45) is 1.47. The van der Waals surface area contributed by atoms with Crippen molar-refractivity contribution in [2.24, 2.45) is 12.8 Å². The van der Waals surface area contributed by atoms with E-state index in [0.717, 1.165) is 18.8 Å². The summed E-state index contributed by atoms with van der Waals surface area (Å²) in [6.45, 7) is 1.38. The molecule has 1 saturated heterocycles. The van der Waals surface area contributed by atoms with Crippen LogP contribution in [0.1, 0.15) is 6.42 Å². The van der Waals surface area contributed by atoms with Crippen LogP contribution in [0.3, 0.4) is 0 Å². The highest BCUT2D eigenvalue weighted by atomic mass is 16.6. The molecule has 0 aliphatic carbocycles. The van der Waals surface area contributed by atoms with E-state index in [1.54, 1.807) is 10.9 Å². The number of aromatic nitrogens is 2. The van der Waals surface area contributed by atoms with Crippen LogP contribution in [0.4, 0.5) is 16.3 Å². The first-order valence-electron chi connectivity index (χ1n) is 5.06. The summed E-state index contributed by atoms with van der Waals surface area (Å²) in [4.78, 5) is 12.7. The molecular weight excluding hydrogens is 210 g/mol. The van der Waals surface area contributed by atoms with Crippen molar-refractivity contribution in [1.82, 2.24) is 9.78 Å². The molecule has 1 fully saturated rings. The molecule has 7 nitrogen and oxygen atoms in total. The molecule has 1 aliphatic heterocycles. The molecule has 16 heavy (non-hydrogen) atoms. The first kappa shape index (κ1) is 10.6.